The molecular weight excluding hydrogens is 426 g/mol. The van der Waals surface area contributed by atoms with Gasteiger partial charge in [0, 0.05) is 50.7 Å². The van der Waals surface area contributed by atoms with Crippen molar-refractivity contribution < 1.29 is 19.2 Å². The first-order valence-corrected chi connectivity index (χ1v) is 11.2. The number of piperazine rings is 1. The van der Waals surface area contributed by atoms with E-state index >= 15 is 0 Å². The van der Waals surface area contributed by atoms with Crippen molar-refractivity contribution in [2.45, 2.75) is 37.9 Å². The predicted molar refractivity (Wildman–Crippen MR) is 113 cm³/mol. The SMILES string of the molecule is O=C1CCC(N2Cc3ccc(-n4cc(C(=O)N5CCN6CCC5C6)nn4)cc3C2=O)C(=O)N1. The predicted octanol–water partition coefficient (Wildman–Crippen LogP) is -0.442. The zero-order valence-electron chi connectivity index (χ0n) is 17.9. The van der Waals surface area contributed by atoms with Gasteiger partial charge in [0.1, 0.15) is 6.04 Å². The lowest BCUT2D eigenvalue weighted by Gasteiger charge is -2.33. The number of fused-ring (bicyclic) bond motifs is 3. The van der Waals surface area contributed by atoms with Gasteiger partial charge in [-0.25, -0.2) is 4.68 Å². The fourth-order valence-electron chi connectivity index (χ4n) is 5.29. The van der Waals surface area contributed by atoms with Crippen molar-refractivity contribution in [1.82, 2.24) is 35.0 Å². The van der Waals surface area contributed by atoms with E-state index in [1.54, 1.807) is 12.3 Å². The summed E-state index contributed by atoms with van der Waals surface area (Å²) in [5.41, 5.74) is 2.20. The van der Waals surface area contributed by atoms with Crippen LogP contribution >= 0.6 is 0 Å². The van der Waals surface area contributed by atoms with Crippen LogP contribution in [-0.4, -0.2) is 91.6 Å². The normalized spacial score (nSPS) is 26.5. The summed E-state index contributed by atoms with van der Waals surface area (Å²) in [4.78, 5) is 55.5. The van der Waals surface area contributed by atoms with Gasteiger partial charge in [-0.15, -0.1) is 5.10 Å². The number of benzene rings is 1. The van der Waals surface area contributed by atoms with E-state index in [0.717, 1.165) is 31.6 Å². The second-order valence-corrected chi connectivity index (χ2v) is 9.03. The molecule has 2 bridgehead atoms. The molecule has 4 aliphatic heterocycles. The summed E-state index contributed by atoms with van der Waals surface area (Å²) in [7, 11) is 0. The molecule has 0 saturated carbocycles. The third kappa shape index (κ3) is 3.30. The molecule has 0 aliphatic carbocycles. The minimum absolute atomic E-state index is 0.117. The molecule has 4 amide bonds. The Morgan fingerprint density at radius 1 is 1.09 bits per heavy atom. The molecule has 1 aromatic heterocycles. The standard InChI is InChI=1S/C22H23N7O4/c30-19-4-3-18(20(31)23-19)28-10-13-1-2-14(9-16(13)21(28)32)29-12-17(24-25-29)22(33)27-8-7-26-6-5-15(27)11-26/h1-2,9,12,15,18H,3-8,10-11H2,(H,23,30,31). The van der Waals surface area contributed by atoms with Crippen molar-refractivity contribution in [1.29, 1.82) is 0 Å². The summed E-state index contributed by atoms with van der Waals surface area (Å²) < 4.78 is 1.50. The van der Waals surface area contributed by atoms with E-state index in [0.29, 0.717) is 30.8 Å². The number of carbonyl (C=O) groups is 4. The summed E-state index contributed by atoms with van der Waals surface area (Å²) in [5.74, 6) is -1.12. The van der Waals surface area contributed by atoms with Crippen LogP contribution in [0.1, 0.15) is 45.7 Å². The highest BCUT2D eigenvalue weighted by atomic mass is 16.2. The number of hydrogen-bond acceptors (Lipinski definition) is 7. The van der Waals surface area contributed by atoms with Crippen LogP contribution in [0.4, 0.5) is 0 Å². The van der Waals surface area contributed by atoms with E-state index < -0.39 is 11.9 Å². The molecule has 1 aromatic carbocycles. The molecule has 11 nitrogen and oxygen atoms in total. The Kier molecular flexibility index (Phi) is 4.54. The van der Waals surface area contributed by atoms with Crippen LogP contribution in [0.5, 0.6) is 0 Å². The molecule has 3 unspecified atom stereocenters. The Morgan fingerprint density at radius 2 is 1.97 bits per heavy atom. The van der Waals surface area contributed by atoms with Crippen LogP contribution in [0.25, 0.3) is 5.69 Å². The molecular formula is C22H23N7O4. The van der Waals surface area contributed by atoms with Crippen molar-refractivity contribution >= 4 is 23.6 Å². The minimum Gasteiger partial charge on any atom is -0.332 e. The van der Waals surface area contributed by atoms with Crippen LogP contribution in [0.3, 0.4) is 0 Å². The van der Waals surface area contributed by atoms with Gasteiger partial charge in [-0.2, -0.15) is 0 Å². The van der Waals surface area contributed by atoms with Crippen LogP contribution in [0, 0.1) is 0 Å². The summed E-state index contributed by atoms with van der Waals surface area (Å²) in [6, 6.07) is 4.93. The third-order valence-electron chi connectivity index (χ3n) is 7.10. The second kappa shape index (κ2) is 7.48. The number of nitrogens with one attached hydrogen (secondary N) is 1. The van der Waals surface area contributed by atoms with Crippen LogP contribution in [0.15, 0.2) is 24.4 Å². The van der Waals surface area contributed by atoms with Gasteiger partial charge in [-0.1, -0.05) is 11.3 Å². The van der Waals surface area contributed by atoms with Gasteiger partial charge in [0.2, 0.25) is 11.8 Å². The number of carbonyl (C=O) groups excluding carboxylic acids is 4. The van der Waals surface area contributed by atoms with Gasteiger partial charge >= 0.3 is 0 Å². The van der Waals surface area contributed by atoms with Crippen molar-refractivity contribution in [2.24, 2.45) is 0 Å². The fourth-order valence-corrected chi connectivity index (χ4v) is 5.29. The smallest absolute Gasteiger partial charge is 0.276 e. The molecule has 0 radical (unpaired) electrons. The van der Waals surface area contributed by atoms with E-state index in [1.165, 1.54) is 9.58 Å². The molecule has 33 heavy (non-hydrogen) atoms. The number of rotatable bonds is 3. The van der Waals surface area contributed by atoms with E-state index in [-0.39, 0.29) is 35.9 Å². The van der Waals surface area contributed by atoms with Gasteiger partial charge in [-0.3, -0.25) is 29.4 Å². The highest BCUT2D eigenvalue weighted by Crippen LogP contribution is 2.29. The van der Waals surface area contributed by atoms with Crippen molar-refractivity contribution in [2.75, 3.05) is 26.2 Å². The molecule has 4 aliphatic rings. The number of piperidine rings is 1. The lowest BCUT2D eigenvalue weighted by molar-refractivity contribution is -0.136. The molecule has 170 valence electrons. The third-order valence-corrected chi connectivity index (χ3v) is 7.10. The summed E-state index contributed by atoms with van der Waals surface area (Å²) in [6.07, 6.45) is 3.12. The molecule has 6 rings (SSSR count). The van der Waals surface area contributed by atoms with Crippen LogP contribution in [0.2, 0.25) is 0 Å². The molecule has 3 atom stereocenters. The van der Waals surface area contributed by atoms with Gasteiger partial charge in [0.15, 0.2) is 5.69 Å². The Labute approximate surface area is 189 Å². The molecule has 3 saturated heterocycles. The maximum atomic E-state index is 13.1. The fraction of sp³-hybridized carbons (Fsp3) is 0.455. The number of nitrogens with zero attached hydrogens (tertiary/aromatic N) is 6. The van der Waals surface area contributed by atoms with Crippen LogP contribution in [-0.2, 0) is 16.1 Å². The van der Waals surface area contributed by atoms with E-state index in [4.69, 9.17) is 0 Å². The Morgan fingerprint density at radius 3 is 2.82 bits per heavy atom. The molecule has 3 fully saturated rings. The first kappa shape index (κ1) is 20.0. The highest BCUT2D eigenvalue weighted by Gasteiger charge is 2.39. The zero-order valence-corrected chi connectivity index (χ0v) is 17.9. The Balaban J connectivity index is 1.21. The lowest BCUT2D eigenvalue weighted by Crippen LogP contribution is -2.52. The number of hydrogen-bond donors (Lipinski definition) is 1. The zero-order chi connectivity index (χ0) is 22.7. The van der Waals surface area contributed by atoms with E-state index in [2.05, 4.69) is 20.5 Å². The monoisotopic (exact) mass is 449 g/mol. The summed E-state index contributed by atoms with van der Waals surface area (Å²) >= 11 is 0. The molecule has 5 heterocycles. The Hall–Kier alpha value is -3.60. The number of amides is 4. The van der Waals surface area contributed by atoms with Gasteiger partial charge in [0.05, 0.1) is 11.9 Å². The van der Waals surface area contributed by atoms with Gasteiger partial charge in [-0.05, 0) is 30.5 Å². The second-order valence-electron chi connectivity index (χ2n) is 9.03. The maximum Gasteiger partial charge on any atom is 0.276 e. The lowest BCUT2D eigenvalue weighted by atomic mass is 10.0. The quantitative estimate of drug-likeness (QED) is 0.631. The number of imide groups is 1. The highest BCUT2D eigenvalue weighted by molar-refractivity contribution is 6.05. The average molecular weight is 449 g/mol. The topological polar surface area (TPSA) is 121 Å². The van der Waals surface area contributed by atoms with Crippen LogP contribution < -0.4 is 5.32 Å². The largest absolute Gasteiger partial charge is 0.332 e. The molecule has 0 spiro atoms. The summed E-state index contributed by atoms with van der Waals surface area (Å²) in [6.45, 7) is 3.83. The summed E-state index contributed by atoms with van der Waals surface area (Å²) in [5, 5.41) is 10.5. The average Bonchev–Trinajstić information content (AvgIpc) is 3.52. The van der Waals surface area contributed by atoms with Crippen molar-refractivity contribution in [3.8, 4) is 5.69 Å². The maximum absolute atomic E-state index is 13.1. The van der Waals surface area contributed by atoms with E-state index in [9.17, 15) is 19.2 Å². The van der Waals surface area contributed by atoms with Crippen molar-refractivity contribution in [3.05, 3.63) is 41.2 Å². The minimum atomic E-state index is -0.655. The first-order valence-electron chi connectivity index (χ1n) is 11.2. The van der Waals surface area contributed by atoms with Crippen molar-refractivity contribution in [3.63, 3.8) is 0 Å². The first-order chi connectivity index (χ1) is 16.0. The van der Waals surface area contributed by atoms with E-state index in [1.807, 2.05) is 17.0 Å². The van der Waals surface area contributed by atoms with Gasteiger partial charge < -0.3 is 9.80 Å². The molecule has 2 aromatic rings. The van der Waals surface area contributed by atoms with Gasteiger partial charge in [0.25, 0.3) is 11.8 Å². The molecule has 11 heteroatoms. The Bertz CT molecular complexity index is 1190. The number of aromatic nitrogens is 3. The molecule has 1 N–H and O–H groups in total.